The first-order valence-electron chi connectivity index (χ1n) is 6.55. The van der Waals surface area contributed by atoms with Gasteiger partial charge >= 0.3 is 0 Å². The van der Waals surface area contributed by atoms with E-state index in [9.17, 15) is 0 Å². The number of aliphatic hydroxyl groups excluding tert-OH is 6. The number of ether oxygens (including phenoxy) is 2. The minimum atomic E-state index is -0.125. The summed E-state index contributed by atoms with van der Waals surface area (Å²) in [6, 6.07) is 0. The van der Waals surface area contributed by atoms with Crippen LogP contribution in [0, 0.1) is 0 Å². The lowest BCUT2D eigenvalue weighted by Crippen LogP contribution is -2.09. The highest BCUT2D eigenvalue weighted by molar-refractivity contribution is 4.31. The quantitative estimate of drug-likeness (QED) is 0.235. The summed E-state index contributed by atoms with van der Waals surface area (Å²) >= 11 is 0. The molecule has 0 aliphatic rings. The van der Waals surface area contributed by atoms with Crippen LogP contribution in [-0.2, 0) is 9.47 Å². The summed E-state index contributed by atoms with van der Waals surface area (Å²) in [6.45, 7) is 1.87. The average Bonchev–Trinajstić information content (AvgIpc) is 2.49. The second-order valence-corrected chi connectivity index (χ2v) is 3.27. The maximum absolute atomic E-state index is 8.26. The Bertz CT molecular complexity index is 112. The molecule has 0 unspecified atom stereocenters. The van der Waals surface area contributed by atoms with Crippen molar-refractivity contribution in [3.8, 4) is 0 Å². The van der Waals surface area contributed by atoms with Gasteiger partial charge in [0, 0.05) is 13.2 Å². The van der Waals surface area contributed by atoms with Crippen molar-refractivity contribution in [2.75, 3.05) is 66.1 Å². The van der Waals surface area contributed by atoms with E-state index >= 15 is 0 Å². The lowest BCUT2D eigenvalue weighted by Gasteiger charge is -2.01. The third-order valence-electron chi connectivity index (χ3n) is 1.51. The Hall–Kier alpha value is -0.320. The van der Waals surface area contributed by atoms with Crippen LogP contribution in [0.5, 0.6) is 0 Å². The molecule has 0 atom stereocenters. The fourth-order valence-electron chi connectivity index (χ4n) is 0.675. The van der Waals surface area contributed by atoms with Gasteiger partial charge in [-0.1, -0.05) is 0 Å². The Morgan fingerprint density at radius 3 is 0.950 bits per heavy atom. The van der Waals surface area contributed by atoms with Gasteiger partial charge in [0.05, 0.1) is 52.9 Å². The van der Waals surface area contributed by atoms with E-state index in [1.54, 1.807) is 0 Å². The SMILES string of the molecule is OCCCCO.OCCO.OCCOCCOCCO. The minimum Gasteiger partial charge on any atom is -0.396 e. The van der Waals surface area contributed by atoms with E-state index in [2.05, 4.69) is 0 Å². The molecule has 8 nitrogen and oxygen atoms in total. The number of aliphatic hydroxyl groups is 6. The van der Waals surface area contributed by atoms with Gasteiger partial charge in [0.1, 0.15) is 0 Å². The lowest BCUT2D eigenvalue weighted by molar-refractivity contribution is 0.0222. The van der Waals surface area contributed by atoms with E-state index in [-0.39, 0.29) is 39.6 Å². The van der Waals surface area contributed by atoms with E-state index < -0.39 is 0 Å². The topological polar surface area (TPSA) is 140 Å². The van der Waals surface area contributed by atoms with Gasteiger partial charge in [0.25, 0.3) is 0 Å². The highest BCUT2D eigenvalue weighted by atomic mass is 16.5. The van der Waals surface area contributed by atoms with Crippen molar-refractivity contribution in [1.29, 1.82) is 0 Å². The molecule has 0 aliphatic carbocycles. The summed E-state index contributed by atoms with van der Waals surface area (Å²) in [5.41, 5.74) is 0. The normalized spacial score (nSPS) is 9.30. The van der Waals surface area contributed by atoms with E-state index in [4.69, 9.17) is 40.1 Å². The molecule has 0 saturated heterocycles. The smallest absolute Gasteiger partial charge is 0.0701 e. The molecule has 0 saturated carbocycles. The molecular weight excluding hydrogens is 272 g/mol. The van der Waals surface area contributed by atoms with Crippen molar-refractivity contribution in [3.05, 3.63) is 0 Å². The molecule has 0 aromatic heterocycles. The first-order chi connectivity index (χ1) is 9.74. The van der Waals surface area contributed by atoms with Gasteiger partial charge in [-0.15, -0.1) is 0 Å². The number of unbranched alkanes of at least 4 members (excludes halogenated alkanes) is 1. The van der Waals surface area contributed by atoms with Crippen LogP contribution < -0.4 is 0 Å². The van der Waals surface area contributed by atoms with Crippen LogP contribution in [0.2, 0.25) is 0 Å². The maximum Gasteiger partial charge on any atom is 0.0701 e. The Morgan fingerprint density at radius 1 is 0.400 bits per heavy atom. The van der Waals surface area contributed by atoms with E-state index in [1.165, 1.54) is 0 Å². The summed E-state index contributed by atoms with van der Waals surface area (Å²) in [4.78, 5) is 0. The molecule has 0 aromatic carbocycles. The Morgan fingerprint density at radius 2 is 0.750 bits per heavy atom. The van der Waals surface area contributed by atoms with Crippen molar-refractivity contribution in [2.45, 2.75) is 12.8 Å². The first-order valence-corrected chi connectivity index (χ1v) is 6.55. The summed E-state index contributed by atoms with van der Waals surface area (Å²) in [5.74, 6) is 0. The Kier molecular flexibility index (Phi) is 38.5. The standard InChI is InChI=1S/C6H14O4.C4H10O2.C2H6O2/c7-1-3-9-5-6-10-4-2-8;5-3-1-2-4-6;3-1-2-4/h7-8H,1-6H2;5-6H,1-4H2;3-4H,1-2H2. The molecule has 0 aliphatic heterocycles. The second kappa shape index (κ2) is 31.2. The summed E-state index contributed by atoms with van der Waals surface area (Å²) < 4.78 is 9.75. The Labute approximate surface area is 120 Å². The molecule has 20 heavy (non-hydrogen) atoms. The summed E-state index contributed by atoms with van der Waals surface area (Å²) in [6.07, 6.45) is 1.44. The molecule has 6 N–H and O–H groups in total. The molecule has 8 heteroatoms. The van der Waals surface area contributed by atoms with Crippen molar-refractivity contribution >= 4 is 0 Å². The molecular formula is C12H30O8. The molecule has 0 amide bonds. The van der Waals surface area contributed by atoms with E-state index in [0.717, 1.165) is 12.8 Å². The van der Waals surface area contributed by atoms with Gasteiger partial charge in [-0.3, -0.25) is 0 Å². The number of rotatable bonds is 11. The molecule has 0 spiro atoms. The predicted molar refractivity (Wildman–Crippen MR) is 73.4 cm³/mol. The highest BCUT2D eigenvalue weighted by Gasteiger charge is 1.86. The zero-order valence-electron chi connectivity index (χ0n) is 12.0. The molecule has 0 fully saturated rings. The molecule has 126 valence electrons. The zero-order valence-corrected chi connectivity index (χ0v) is 12.0. The summed E-state index contributed by atoms with van der Waals surface area (Å²) in [5, 5.41) is 47.9. The molecule has 0 rings (SSSR count). The van der Waals surface area contributed by atoms with Gasteiger partial charge in [0.2, 0.25) is 0 Å². The molecule has 0 aromatic rings. The third-order valence-corrected chi connectivity index (χ3v) is 1.51. The van der Waals surface area contributed by atoms with Gasteiger partial charge in [0.15, 0.2) is 0 Å². The monoisotopic (exact) mass is 302 g/mol. The predicted octanol–water partition coefficient (Wildman–Crippen LogP) is -2.27. The first kappa shape index (κ1) is 24.7. The second-order valence-electron chi connectivity index (χ2n) is 3.27. The van der Waals surface area contributed by atoms with Crippen molar-refractivity contribution in [2.24, 2.45) is 0 Å². The fraction of sp³-hybridized carbons (Fsp3) is 1.00. The van der Waals surface area contributed by atoms with Crippen LogP contribution in [0.4, 0.5) is 0 Å². The van der Waals surface area contributed by atoms with Crippen molar-refractivity contribution in [3.63, 3.8) is 0 Å². The summed E-state index contributed by atoms with van der Waals surface area (Å²) in [7, 11) is 0. The molecule has 0 heterocycles. The van der Waals surface area contributed by atoms with Crippen LogP contribution in [0.25, 0.3) is 0 Å². The van der Waals surface area contributed by atoms with Crippen LogP contribution in [0.15, 0.2) is 0 Å². The maximum atomic E-state index is 8.26. The van der Waals surface area contributed by atoms with Gasteiger partial charge in [-0.2, -0.15) is 0 Å². The van der Waals surface area contributed by atoms with Crippen LogP contribution in [0.3, 0.4) is 0 Å². The van der Waals surface area contributed by atoms with E-state index in [1.807, 2.05) is 0 Å². The van der Waals surface area contributed by atoms with Crippen LogP contribution in [-0.4, -0.2) is 96.7 Å². The zero-order chi connectivity index (χ0) is 15.9. The average molecular weight is 302 g/mol. The van der Waals surface area contributed by atoms with E-state index in [0.29, 0.717) is 26.4 Å². The number of hydrogen-bond donors (Lipinski definition) is 6. The molecule has 0 bridgehead atoms. The highest BCUT2D eigenvalue weighted by Crippen LogP contribution is 1.80. The van der Waals surface area contributed by atoms with Crippen molar-refractivity contribution < 1.29 is 40.1 Å². The fourth-order valence-corrected chi connectivity index (χ4v) is 0.675. The van der Waals surface area contributed by atoms with Crippen LogP contribution in [0.1, 0.15) is 12.8 Å². The van der Waals surface area contributed by atoms with Gasteiger partial charge in [-0.25, -0.2) is 0 Å². The van der Waals surface area contributed by atoms with Gasteiger partial charge in [-0.05, 0) is 12.8 Å². The minimum absolute atomic E-state index is 0.0417. The largest absolute Gasteiger partial charge is 0.396 e. The Balaban J connectivity index is -0.000000246. The molecule has 0 radical (unpaired) electrons. The van der Waals surface area contributed by atoms with Crippen molar-refractivity contribution in [1.82, 2.24) is 0 Å². The van der Waals surface area contributed by atoms with Crippen LogP contribution >= 0.6 is 0 Å². The van der Waals surface area contributed by atoms with Gasteiger partial charge < -0.3 is 40.1 Å². The number of hydrogen-bond acceptors (Lipinski definition) is 8. The third kappa shape index (κ3) is 43.1. The lowest BCUT2D eigenvalue weighted by atomic mass is 10.3.